The van der Waals surface area contributed by atoms with E-state index in [9.17, 15) is 23.6 Å². The predicted octanol–water partition coefficient (Wildman–Crippen LogP) is 3.63. The molecule has 0 bridgehead atoms. The minimum atomic E-state index is -3.98. The van der Waals surface area contributed by atoms with Crippen LogP contribution in [0.4, 0.5) is 17.1 Å². The Hall–Kier alpha value is -2.65. The molecule has 2 N–H and O–H groups in total. The van der Waals surface area contributed by atoms with Crippen LogP contribution in [0.3, 0.4) is 0 Å². The Bertz CT molecular complexity index is 959. The zero-order chi connectivity index (χ0) is 21.8. The van der Waals surface area contributed by atoms with E-state index < -0.39 is 20.5 Å². The van der Waals surface area contributed by atoms with Crippen LogP contribution in [-0.2, 0) is 10.0 Å². The zero-order valence-corrected chi connectivity index (χ0v) is 17.8. The van der Waals surface area contributed by atoms with Gasteiger partial charge in [-0.2, -0.15) is 0 Å². The van der Waals surface area contributed by atoms with E-state index in [1.54, 1.807) is 44.2 Å². The number of para-hydroxylation sites is 1. The van der Waals surface area contributed by atoms with Crippen molar-refractivity contribution >= 4 is 27.1 Å². The van der Waals surface area contributed by atoms with Crippen molar-refractivity contribution in [3.8, 4) is 0 Å². The topological polar surface area (TPSA) is 113 Å². The highest BCUT2D eigenvalue weighted by atomic mass is 32.2. The molecule has 0 aliphatic rings. The summed E-state index contributed by atoms with van der Waals surface area (Å²) >= 11 is 0. The average molecular weight is 422 g/mol. The number of hydrogen-bond donors (Lipinski definition) is 2. The van der Waals surface area contributed by atoms with E-state index >= 15 is 0 Å². The van der Waals surface area contributed by atoms with Gasteiger partial charge < -0.3 is 10.4 Å². The first-order valence-corrected chi connectivity index (χ1v) is 10.8. The molecule has 2 aromatic rings. The molecule has 0 saturated carbocycles. The van der Waals surface area contributed by atoms with E-state index in [1.807, 2.05) is 13.8 Å². The van der Waals surface area contributed by atoms with Crippen LogP contribution in [-0.4, -0.2) is 37.1 Å². The standard InChI is InChI=1S/C20H27N3O5S/c1-5-22(16-9-7-6-8-10-16)29(27,28)17-11-12-18(19(13-17)23(25)26)21-14-20(4,24)15(2)3/h6-13,15,21,24H,5,14H2,1-4H3. The summed E-state index contributed by atoms with van der Waals surface area (Å²) in [4.78, 5) is 10.8. The molecule has 0 aliphatic heterocycles. The molecular formula is C20H27N3O5S. The SMILES string of the molecule is CCN(c1ccccc1)S(=O)(=O)c1ccc(NCC(C)(O)C(C)C)c([N+](=O)[O-])c1. The van der Waals surface area contributed by atoms with Crippen molar-refractivity contribution in [3.05, 3.63) is 58.6 Å². The molecule has 1 unspecified atom stereocenters. The van der Waals surface area contributed by atoms with Crippen molar-refractivity contribution in [2.24, 2.45) is 5.92 Å². The Morgan fingerprint density at radius 3 is 2.34 bits per heavy atom. The van der Waals surface area contributed by atoms with Crippen LogP contribution in [0.25, 0.3) is 0 Å². The molecule has 0 amide bonds. The highest BCUT2D eigenvalue weighted by molar-refractivity contribution is 7.92. The fourth-order valence-corrected chi connectivity index (χ4v) is 4.16. The third-order valence-electron chi connectivity index (χ3n) is 4.97. The normalized spacial score (nSPS) is 13.7. The minimum Gasteiger partial charge on any atom is -0.388 e. The van der Waals surface area contributed by atoms with Gasteiger partial charge in [-0.3, -0.25) is 14.4 Å². The lowest BCUT2D eigenvalue weighted by molar-refractivity contribution is -0.384. The van der Waals surface area contributed by atoms with Gasteiger partial charge in [-0.25, -0.2) is 8.42 Å². The number of hydrogen-bond acceptors (Lipinski definition) is 6. The number of nitrogens with one attached hydrogen (secondary N) is 1. The van der Waals surface area contributed by atoms with Crippen molar-refractivity contribution < 1.29 is 18.4 Å². The summed E-state index contributed by atoms with van der Waals surface area (Å²) in [6.07, 6.45) is 0. The van der Waals surface area contributed by atoms with Gasteiger partial charge in [-0.15, -0.1) is 0 Å². The number of anilines is 2. The third kappa shape index (κ3) is 5.04. The van der Waals surface area contributed by atoms with Crippen molar-refractivity contribution in [3.63, 3.8) is 0 Å². The molecule has 8 nitrogen and oxygen atoms in total. The molecule has 0 spiro atoms. The molecule has 9 heteroatoms. The van der Waals surface area contributed by atoms with E-state index in [-0.39, 0.29) is 35.3 Å². The van der Waals surface area contributed by atoms with Gasteiger partial charge in [-0.1, -0.05) is 32.0 Å². The first kappa shape index (κ1) is 22.6. The fraction of sp³-hybridized carbons (Fsp3) is 0.400. The van der Waals surface area contributed by atoms with E-state index in [0.717, 1.165) is 6.07 Å². The number of benzene rings is 2. The van der Waals surface area contributed by atoms with Gasteiger partial charge in [-0.05, 0) is 44.0 Å². The van der Waals surface area contributed by atoms with E-state index in [0.29, 0.717) is 5.69 Å². The summed E-state index contributed by atoms with van der Waals surface area (Å²) in [5, 5.41) is 24.8. The molecule has 0 saturated heterocycles. The summed E-state index contributed by atoms with van der Waals surface area (Å²) in [6, 6.07) is 12.3. The quantitative estimate of drug-likeness (QED) is 0.472. The van der Waals surface area contributed by atoms with Gasteiger partial charge in [0.05, 0.1) is 21.1 Å². The molecule has 158 valence electrons. The van der Waals surface area contributed by atoms with Gasteiger partial charge in [0.25, 0.3) is 15.7 Å². The smallest absolute Gasteiger partial charge is 0.293 e. The Balaban J connectivity index is 2.42. The molecule has 0 fully saturated rings. The lowest BCUT2D eigenvalue weighted by Crippen LogP contribution is -2.38. The third-order valence-corrected chi connectivity index (χ3v) is 6.86. The van der Waals surface area contributed by atoms with Crippen LogP contribution in [0.1, 0.15) is 27.7 Å². The highest BCUT2D eigenvalue weighted by Crippen LogP contribution is 2.31. The lowest BCUT2D eigenvalue weighted by atomic mass is 9.92. The van der Waals surface area contributed by atoms with Crippen molar-refractivity contribution in [1.82, 2.24) is 0 Å². The summed E-state index contributed by atoms with van der Waals surface area (Å²) in [7, 11) is -3.98. The van der Waals surface area contributed by atoms with Crippen LogP contribution < -0.4 is 9.62 Å². The van der Waals surface area contributed by atoms with E-state index in [1.165, 1.54) is 16.4 Å². The van der Waals surface area contributed by atoms with Crippen LogP contribution in [0.5, 0.6) is 0 Å². The maximum absolute atomic E-state index is 13.1. The average Bonchev–Trinajstić information content (AvgIpc) is 2.67. The molecule has 0 radical (unpaired) electrons. The first-order valence-electron chi connectivity index (χ1n) is 9.33. The van der Waals surface area contributed by atoms with Gasteiger partial charge in [0.1, 0.15) is 5.69 Å². The maximum atomic E-state index is 13.1. The summed E-state index contributed by atoms with van der Waals surface area (Å²) in [5.41, 5.74) is -0.814. The Kier molecular flexibility index (Phi) is 6.86. The molecular weight excluding hydrogens is 394 g/mol. The molecule has 0 aromatic heterocycles. The number of sulfonamides is 1. The molecule has 2 aromatic carbocycles. The van der Waals surface area contributed by atoms with Crippen LogP contribution in [0, 0.1) is 16.0 Å². The second-order valence-electron chi connectivity index (χ2n) is 7.31. The zero-order valence-electron chi connectivity index (χ0n) is 17.0. The van der Waals surface area contributed by atoms with Crippen LogP contribution in [0.15, 0.2) is 53.4 Å². The monoisotopic (exact) mass is 421 g/mol. The maximum Gasteiger partial charge on any atom is 0.293 e. The second-order valence-corrected chi connectivity index (χ2v) is 9.17. The predicted molar refractivity (Wildman–Crippen MR) is 114 cm³/mol. The van der Waals surface area contributed by atoms with Crippen molar-refractivity contribution in [2.45, 2.75) is 38.2 Å². The summed E-state index contributed by atoms with van der Waals surface area (Å²) < 4.78 is 27.4. The largest absolute Gasteiger partial charge is 0.388 e. The van der Waals surface area contributed by atoms with Gasteiger partial charge in [0, 0.05) is 19.2 Å². The molecule has 0 heterocycles. The molecule has 2 rings (SSSR count). The van der Waals surface area contributed by atoms with Crippen molar-refractivity contribution in [1.29, 1.82) is 0 Å². The lowest BCUT2D eigenvalue weighted by Gasteiger charge is -2.28. The minimum absolute atomic E-state index is 0.0716. The van der Waals surface area contributed by atoms with E-state index in [2.05, 4.69) is 5.32 Å². The highest BCUT2D eigenvalue weighted by Gasteiger charge is 2.29. The number of nitro benzene ring substituents is 1. The summed E-state index contributed by atoms with van der Waals surface area (Å²) in [6.45, 7) is 7.28. The summed E-state index contributed by atoms with van der Waals surface area (Å²) in [5.74, 6) is -0.0716. The molecule has 29 heavy (non-hydrogen) atoms. The Morgan fingerprint density at radius 1 is 1.21 bits per heavy atom. The Morgan fingerprint density at radius 2 is 1.83 bits per heavy atom. The molecule has 1 atom stereocenters. The van der Waals surface area contributed by atoms with Crippen molar-refractivity contribution in [2.75, 3.05) is 22.7 Å². The first-order chi connectivity index (χ1) is 13.5. The number of aliphatic hydroxyl groups is 1. The molecule has 0 aliphatic carbocycles. The fourth-order valence-electron chi connectivity index (χ4n) is 2.66. The van der Waals surface area contributed by atoms with Gasteiger partial charge in [0.2, 0.25) is 0 Å². The van der Waals surface area contributed by atoms with Crippen LogP contribution in [0.2, 0.25) is 0 Å². The van der Waals surface area contributed by atoms with Gasteiger partial charge in [0.15, 0.2) is 0 Å². The van der Waals surface area contributed by atoms with Gasteiger partial charge >= 0.3 is 0 Å². The Labute approximate surface area is 171 Å². The number of nitrogens with zero attached hydrogens (tertiary/aromatic N) is 2. The van der Waals surface area contributed by atoms with E-state index in [4.69, 9.17) is 0 Å². The number of nitro groups is 1. The number of rotatable bonds is 9. The second kappa shape index (κ2) is 8.79. The van der Waals surface area contributed by atoms with Crippen LogP contribution >= 0.6 is 0 Å².